The topological polar surface area (TPSA) is 46.4 Å². The molecule has 0 aliphatic carbocycles. The van der Waals surface area contributed by atoms with E-state index in [2.05, 4.69) is 43.4 Å². The Bertz CT molecular complexity index is 832. The number of hydrogen-bond acceptors (Lipinski definition) is 3. The number of fused-ring (bicyclic) bond motifs is 1. The first-order valence-corrected chi connectivity index (χ1v) is 9.32. The summed E-state index contributed by atoms with van der Waals surface area (Å²) in [6.07, 6.45) is 4.38. The summed E-state index contributed by atoms with van der Waals surface area (Å²) in [6.45, 7) is 6.24. The quantitative estimate of drug-likeness (QED) is 0.734. The van der Waals surface area contributed by atoms with Gasteiger partial charge in [-0.3, -0.25) is 9.20 Å². The Balaban J connectivity index is 1.81. The lowest BCUT2D eigenvalue weighted by Crippen LogP contribution is -2.33. The largest absolute Gasteiger partial charge is 0.353 e. The van der Waals surface area contributed by atoms with Crippen LogP contribution in [0.3, 0.4) is 0 Å². The lowest BCUT2D eigenvalue weighted by atomic mass is 10.1. The normalized spacial score (nSPS) is 12.5. The van der Waals surface area contributed by atoms with Gasteiger partial charge in [-0.05, 0) is 25.3 Å². The van der Waals surface area contributed by atoms with Gasteiger partial charge >= 0.3 is 0 Å². The van der Waals surface area contributed by atoms with E-state index in [-0.39, 0.29) is 11.9 Å². The smallest absolute Gasteiger partial charge is 0.226 e. The third-order valence-electron chi connectivity index (χ3n) is 4.30. The summed E-state index contributed by atoms with van der Waals surface area (Å²) in [7, 11) is 0. The van der Waals surface area contributed by atoms with Crippen molar-refractivity contribution >= 4 is 22.2 Å². The van der Waals surface area contributed by atoms with E-state index < -0.39 is 0 Å². The number of rotatable bonds is 6. The van der Waals surface area contributed by atoms with Crippen LogP contribution in [-0.4, -0.2) is 21.3 Å². The molecule has 5 heteroatoms. The van der Waals surface area contributed by atoms with Crippen molar-refractivity contribution in [3.05, 3.63) is 47.1 Å². The SMILES string of the molecule is CCc1ccc(-c2cn3c(CC(=O)NC(C)CC)csc3n2)cc1. The van der Waals surface area contributed by atoms with Crippen LogP contribution in [0.15, 0.2) is 35.8 Å². The predicted octanol–water partition coefficient (Wildman–Crippen LogP) is 4.08. The van der Waals surface area contributed by atoms with Gasteiger partial charge in [-0.25, -0.2) is 4.98 Å². The molecule has 0 saturated heterocycles. The highest BCUT2D eigenvalue weighted by Gasteiger charge is 2.13. The van der Waals surface area contributed by atoms with E-state index in [1.54, 1.807) is 11.3 Å². The van der Waals surface area contributed by atoms with E-state index in [4.69, 9.17) is 4.98 Å². The summed E-state index contributed by atoms with van der Waals surface area (Å²) >= 11 is 1.58. The zero-order valence-electron chi connectivity index (χ0n) is 14.4. The van der Waals surface area contributed by atoms with Crippen LogP contribution in [0.4, 0.5) is 0 Å². The predicted molar refractivity (Wildman–Crippen MR) is 99.5 cm³/mol. The van der Waals surface area contributed by atoms with Crippen molar-refractivity contribution in [1.29, 1.82) is 0 Å². The first-order chi connectivity index (χ1) is 11.6. The van der Waals surface area contributed by atoms with Crippen LogP contribution >= 0.6 is 11.3 Å². The summed E-state index contributed by atoms with van der Waals surface area (Å²) < 4.78 is 2.03. The molecule has 0 aliphatic heterocycles. The standard InChI is InChI=1S/C19H23N3OS/c1-4-13(3)20-18(23)10-16-12-24-19-21-17(11-22(16)19)15-8-6-14(5-2)7-9-15/h6-9,11-13H,4-5,10H2,1-3H3,(H,20,23). The number of nitrogens with one attached hydrogen (secondary N) is 1. The van der Waals surface area contributed by atoms with Gasteiger partial charge in [0.15, 0.2) is 4.96 Å². The molecule has 0 spiro atoms. The van der Waals surface area contributed by atoms with E-state index in [1.165, 1.54) is 5.56 Å². The second-order valence-corrected chi connectivity index (χ2v) is 6.95. The summed E-state index contributed by atoms with van der Waals surface area (Å²) in [5, 5.41) is 5.03. The lowest BCUT2D eigenvalue weighted by Gasteiger charge is -2.10. The Hall–Kier alpha value is -2.14. The molecule has 0 radical (unpaired) electrons. The zero-order valence-corrected chi connectivity index (χ0v) is 15.2. The minimum Gasteiger partial charge on any atom is -0.353 e. The maximum atomic E-state index is 12.1. The van der Waals surface area contributed by atoms with E-state index in [0.29, 0.717) is 6.42 Å². The van der Waals surface area contributed by atoms with Crippen molar-refractivity contribution in [2.45, 2.75) is 46.1 Å². The number of carbonyl (C=O) groups is 1. The highest BCUT2D eigenvalue weighted by molar-refractivity contribution is 7.15. The minimum absolute atomic E-state index is 0.0617. The van der Waals surface area contributed by atoms with Gasteiger partial charge in [0.05, 0.1) is 12.1 Å². The van der Waals surface area contributed by atoms with Crippen LogP contribution in [0.2, 0.25) is 0 Å². The molecule has 1 aromatic carbocycles. The maximum Gasteiger partial charge on any atom is 0.226 e. The summed E-state index contributed by atoms with van der Waals surface area (Å²) in [4.78, 5) is 17.8. The molecule has 1 atom stereocenters. The number of imidazole rings is 1. The number of nitrogens with zero attached hydrogens (tertiary/aromatic N) is 2. The Labute approximate surface area is 146 Å². The fourth-order valence-electron chi connectivity index (χ4n) is 2.60. The number of benzene rings is 1. The molecule has 126 valence electrons. The number of thiazole rings is 1. The van der Waals surface area contributed by atoms with Crippen molar-refractivity contribution in [3.8, 4) is 11.3 Å². The van der Waals surface area contributed by atoms with Crippen LogP contribution in [0.5, 0.6) is 0 Å². The molecule has 1 unspecified atom stereocenters. The average molecular weight is 341 g/mol. The molecular formula is C19H23N3OS. The highest BCUT2D eigenvalue weighted by Crippen LogP contribution is 2.24. The molecule has 2 aromatic heterocycles. The van der Waals surface area contributed by atoms with Crippen LogP contribution in [-0.2, 0) is 17.6 Å². The maximum absolute atomic E-state index is 12.1. The lowest BCUT2D eigenvalue weighted by molar-refractivity contribution is -0.121. The zero-order chi connectivity index (χ0) is 17.1. The fraction of sp³-hybridized carbons (Fsp3) is 0.368. The number of hydrogen-bond donors (Lipinski definition) is 1. The Kier molecular flexibility index (Phi) is 5.00. The number of aryl methyl sites for hydroxylation is 1. The molecule has 1 amide bonds. The summed E-state index contributed by atoms with van der Waals surface area (Å²) in [5.41, 5.74) is 4.37. The van der Waals surface area contributed by atoms with Crippen LogP contribution in [0.1, 0.15) is 38.4 Å². The van der Waals surface area contributed by atoms with Crippen LogP contribution in [0.25, 0.3) is 16.2 Å². The van der Waals surface area contributed by atoms with Gasteiger partial charge in [-0.2, -0.15) is 0 Å². The van der Waals surface area contributed by atoms with Crippen molar-refractivity contribution < 1.29 is 4.79 Å². The third kappa shape index (κ3) is 3.51. The van der Waals surface area contributed by atoms with Gasteiger partial charge < -0.3 is 5.32 Å². The van der Waals surface area contributed by atoms with Gasteiger partial charge in [0.1, 0.15) is 0 Å². The van der Waals surface area contributed by atoms with Crippen molar-refractivity contribution in [2.75, 3.05) is 0 Å². The molecule has 0 fully saturated rings. The molecule has 24 heavy (non-hydrogen) atoms. The number of aromatic nitrogens is 2. The molecule has 4 nitrogen and oxygen atoms in total. The van der Waals surface area contributed by atoms with Crippen LogP contribution in [0, 0.1) is 0 Å². The number of carbonyl (C=O) groups excluding carboxylic acids is 1. The Morgan fingerprint density at radius 2 is 2.04 bits per heavy atom. The molecule has 1 N–H and O–H groups in total. The van der Waals surface area contributed by atoms with E-state index in [9.17, 15) is 4.79 Å². The highest BCUT2D eigenvalue weighted by atomic mass is 32.1. The molecule has 0 bridgehead atoms. The van der Waals surface area contributed by atoms with Crippen molar-refractivity contribution in [2.24, 2.45) is 0 Å². The Morgan fingerprint density at radius 1 is 1.29 bits per heavy atom. The monoisotopic (exact) mass is 341 g/mol. The van der Waals surface area contributed by atoms with E-state index in [1.807, 2.05) is 22.9 Å². The third-order valence-corrected chi connectivity index (χ3v) is 5.19. The van der Waals surface area contributed by atoms with E-state index >= 15 is 0 Å². The number of amides is 1. The van der Waals surface area contributed by atoms with Gasteiger partial charge in [0.2, 0.25) is 5.91 Å². The van der Waals surface area contributed by atoms with Gasteiger partial charge in [0, 0.05) is 28.9 Å². The molecular weight excluding hydrogens is 318 g/mol. The average Bonchev–Trinajstić information content (AvgIpc) is 3.17. The van der Waals surface area contributed by atoms with Gasteiger partial charge in [-0.1, -0.05) is 38.1 Å². The Morgan fingerprint density at radius 3 is 2.71 bits per heavy atom. The molecule has 3 aromatic rings. The second kappa shape index (κ2) is 7.18. The first kappa shape index (κ1) is 16.7. The second-order valence-electron chi connectivity index (χ2n) is 6.11. The van der Waals surface area contributed by atoms with E-state index in [0.717, 1.165) is 34.8 Å². The van der Waals surface area contributed by atoms with Gasteiger partial charge in [0.25, 0.3) is 0 Å². The summed E-state index contributed by atoms with van der Waals surface area (Å²) in [6, 6.07) is 8.72. The molecule has 3 rings (SSSR count). The molecule has 2 heterocycles. The van der Waals surface area contributed by atoms with Crippen molar-refractivity contribution in [3.63, 3.8) is 0 Å². The molecule has 0 aliphatic rings. The minimum atomic E-state index is 0.0617. The summed E-state index contributed by atoms with van der Waals surface area (Å²) in [5.74, 6) is 0.0617. The van der Waals surface area contributed by atoms with Crippen molar-refractivity contribution in [1.82, 2.24) is 14.7 Å². The first-order valence-electron chi connectivity index (χ1n) is 8.44. The van der Waals surface area contributed by atoms with Gasteiger partial charge in [-0.15, -0.1) is 11.3 Å². The van der Waals surface area contributed by atoms with Crippen LogP contribution < -0.4 is 5.32 Å². The molecule has 0 saturated carbocycles. The fourth-order valence-corrected chi connectivity index (χ4v) is 3.47.